The molecule has 4 aliphatic rings. The number of likely N-dealkylation sites (N-methyl/N-ethyl adjacent to an activating group) is 1. The molecule has 0 aromatic carbocycles. The van der Waals surface area contributed by atoms with E-state index in [1.54, 1.807) is 4.90 Å². The number of aliphatic hydroxyl groups is 1. The Morgan fingerprint density at radius 3 is 2.46 bits per heavy atom. The van der Waals surface area contributed by atoms with Gasteiger partial charge in [0, 0.05) is 29.0 Å². The summed E-state index contributed by atoms with van der Waals surface area (Å²) in [6.45, 7) is 4.32. The van der Waals surface area contributed by atoms with Crippen molar-refractivity contribution in [1.29, 1.82) is 0 Å². The van der Waals surface area contributed by atoms with Gasteiger partial charge in [-0.1, -0.05) is 6.92 Å². The van der Waals surface area contributed by atoms with E-state index in [0.717, 1.165) is 0 Å². The SMILES string of the molecule is CC(O)[C@H]1C(=O)N2C(C(=O)[O-])=C(S[C@@H]3CN[C@H](C(=O)N4CC([N+](C)(C)C)CC4C(N)=O)C3)[C@H](C)[C@H]12. The first kappa shape index (κ1) is 25.9. The average Bonchev–Trinajstić information content (AvgIpc) is 3.44. The predicted molar refractivity (Wildman–Crippen MR) is 126 cm³/mol. The Morgan fingerprint density at radius 1 is 1.26 bits per heavy atom. The number of primary amides is 1. The lowest BCUT2D eigenvalue weighted by Crippen LogP contribution is -2.64. The minimum atomic E-state index is -1.41. The number of thioether (sulfide) groups is 1. The van der Waals surface area contributed by atoms with Gasteiger partial charge in [0.25, 0.3) is 0 Å². The molecule has 4 N–H and O–H groups in total. The molecule has 3 amide bonds. The molecule has 194 valence electrons. The van der Waals surface area contributed by atoms with Crippen molar-refractivity contribution in [2.75, 3.05) is 34.2 Å². The Kier molecular flexibility index (Phi) is 6.71. The predicted octanol–water partition coefficient (Wildman–Crippen LogP) is -2.57. The summed E-state index contributed by atoms with van der Waals surface area (Å²) in [6.07, 6.45) is 0.1000. The first-order valence-electron chi connectivity index (χ1n) is 12.0. The molecule has 0 aromatic rings. The zero-order valence-electron chi connectivity index (χ0n) is 20.8. The van der Waals surface area contributed by atoms with Crippen molar-refractivity contribution in [3.8, 4) is 0 Å². The van der Waals surface area contributed by atoms with Crippen molar-refractivity contribution < 1.29 is 33.9 Å². The number of β-lactam (4-membered cyclic amide) rings is 1. The van der Waals surface area contributed by atoms with E-state index < -0.39 is 47.9 Å². The van der Waals surface area contributed by atoms with Gasteiger partial charge in [0.15, 0.2) is 0 Å². The number of likely N-dealkylation sites (tertiary alicyclic amines) is 1. The number of nitrogens with one attached hydrogen (secondary N) is 1. The Morgan fingerprint density at radius 2 is 1.91 bits per heavy atom. The van der Waals surface area contributed by atoms with Crippen molar-refractivity contribution >= 4 is 35.5 Å². The van der Waals surface area contributed by atoms with Crippen molar-refractivity contribution in [2.24, 2.45) is 17.6 Å². The number of nitrogens with zero attached hydrogens (tertiary/aromatic N) is 3. The summed E-state index contributed by atoms with van der Waals surface area (Å²) in [6, 6.07) is -1.46. The average molecular weight is 510 g/mol. The number of hydrogen-bond acceptors (Lipinski definition) is 8. The minimum absolute atomic E-state index is 0.0987. The highest BCUT2D eigenvalue weighted by molar-refractivity contribution is 8.03. The third-order valence-electron chi connectivity index (χ3n) is 7.97. The fourth-order valence-electron chi connectivity index (χ4n) is 5.92. The Hall–Kier alpha value is -2.15. The molecule has 8 atom stereocenters. The Bertz CT molecular complexity index is 978. The molecule has 3 saturated heterocycles. The lowest BCUT2D eigenvalue weighted by molar-refractivity contribution is -0.893. The molecular formula is C23H35N5O6S. The number of carbonyl (C=O) groups is 4. The van der Waals surface area contributed by atoms with E-state index in [2.05, 4.69) is 5.32 Å². The molecule has 12 heteroatoms. The van der Waals surface area contributed by atoms with Gasteiger partial charge in [-0.2, -0.15) is 0 Å². The van der Waals surface area contributed by atoms with Crippen molar-refractivity contribution in [1.82, 2.24) is 15.1 Å². The Balaban J connectivity index is 1.46. The molecule has 11 nitrogen and oxygen atoms in total. The molecule has 0 bridgehead atoms. The second-order valence-corrected chi connectivity index (χ2v) is 12.4. The molecule has 35 heavy (non-hydrogen) atoms. The minimum Gasteiger partial charge on any atom is -0.543 e. The summed E-state index contributed by atoms with van der Waals surface area (Å²) in [5, 5.41) is 25.1. The molecule has 4 aliphatic heterocycles. The van der Waals surface area contributed by atoms with Crippen LogP contribution in [0.1, 0.15) is 26.7 Å². The van der Waals surface area contributed by atoms with E-state index in [1.807, 2.05) is 28.1 Å². The smallest absolute Gasteiger partial charge is 0.240 e. The molecule has 0 radical (unpaired) electrons. The van der Waals surface area contributed by atoms with Crippen molar-refractivity contribution in [3.05, 3.63) is 10.6 Å². The summed E-state index contributed by atoms with van der Waals surface area (Å²) >= 11 is 1.35. The van der Waals surface area contributed by atoms with Crippen LogP contribution in [0.15, 0.2) is 10.6 Å². The fraction of sp³-hybridized carbons (Fsp3) is 0.739. The van der Waals surface area contributed by atoms with Crippen LogP contribution in [0.2, 0.25) is 0 Å². The van der Waals surface area contributed by atoms with Crippen LogP contribution < -0.4 is 16.2 Å². The maximum absolute atomic E-state index is 13.4. The highest BCUT2D eigenvalue weighted by Gasteiger charge is 2.59. The van der Waals surface area contributed by atoms with Crippen LogP contribution in [-0.4, -0.2) is 113 Å². The van der Waals surface area contributed by atoms with E-state index in [9.17, 15) is 29.4 Å². The normalized spacial score (nSPS) is 35.8. The first-order valence-corrected chi connectivity index (χ1v) is 12.9. The van der Waals surface area contributed by atoms with Gasteiger partial charge in [0.1, 0.15) is 12.1 Å². The van der Waals surface area contributed by atoms with Gasteiger partial charge in [-0.3, -0.25) is 14.4 Å². The number of aliphatic hydroxyl groups excluding tert-OH is 1. The number of hydrogen-bond donors (Lipinski definition) is 3. The summed E-state index contributed by atoms with van der Waals surface area (Å²) in [7, 11) is 6.08. The van der Waals surface area contributed by atoms with Gasteiger partial charge in [-0.15, -0.1) is 11.8 Å². The number of aliphatic carboxylic acids is 1. The highest BCUT2D eigenvalue weighted by Crippen LogP contribution is 2.51. The Labute approximate surface area is 209 Å². The maximum atomic E-state index is 13.4. The van der Waals surface area contributed by atoms with Crippen LogP contribution in [0.5, 0.6) is 0 Å². The van der Waals surface area contributed by atoms with Crippen LogP contribution in [0.25, 0.3) is 0 Å². The summed E-state index contributed by atoms with van der Waals surface area (Å²) in [4.78, 5) is 53.3. The first-order chi connectivity index (χ1) is 16.2. The molecule has 3 unspecified atom stereocenters. The third-order valence-corrected chi connectivity index (χ3v) is 9.48. The number of rotatable bonds is 7. The number of carboxylic acids is 1. The van der Waals surface area contributed by atoms with Crippen LogP contribution in [-0.2, 0) is 19.2 Å². The number of carboxylic acid groups (broad SMARTS) is 1. The van der Waals surface area contributed by atoms with Gasteiger partial charge < -0.3 is 40.3 Å². The van der Waals surface area contributed by atoms with Gasteiger partial charge in [0.2, 0.25) is 17.7 Å². The van der Waals surface area contributed by atoms with Gasteiger partial charge in [-0.05, 0) is 13.3 Å². The topological polar surface area (TPSA) is 156 Å². The molecule has 0 spiro atoms. The number of nitrogens with two attached hydrogens (primary N) is 1. The third kappa shape index (κ3) is 4.34. The fourth-order valence-corrected chi connectivity index (χ4v) is 7.39. The van der Waals surface area contributed by atoms with Crippen molar-refractivity contribution in [3.63, 3.8) is 0 Å². The van der Waals surface area contributed by atoms with Crippen LogP contribution in [0, 0.1) is 11.8 Å². The number of amides is 3. The molecule has 3 fully saturated rings. The molecule has 0 aromatic heterocycles. The van der Waals surface area contributed by atoms with Gasteiger partial charge in [0.05, 0.1) is 63.5 Å². The lowest BCUT2D eigenvalue weighted by atomic mass is 9.79. The molecule has 4 rings (SSSR count). The van der Waals surface area contributed by atoms with E-state index in [1.165, 1.54) is 23.6 Å². The molecule has 4 heterocycles. The number of quaternary nitrogens is 1. The quantitative estimate of drug-likeness (QED) is 0.250. The lowest BCUT2D eigenvalue weighted by Gasteiger charge is -2.47. The van der Waals surface area contributed by atoms with E-state index in [-0.39, 0.29) is 28.8 Å². The summed E-state index contributed by atoms with van der Waals surface area (Å²) in [5.41, 5.74) is 5.50. The van der Waals surface area contributed by atoms with Crippen molar-refractivity contribution in [2.45, 2.75) is 62.2 Å². The molecule has 0 saturated carbocycles. The van der Waals surface area contributed by atoms with E-state index in [4.69, 9.17) is 5.73 Å². The summed E-state index contributed by atoms with van der Waals surface area (Å²) < 4.78 is 0.617. The van der Waals surface area contributed by atoms with Gasteiger partial charge in [-0.25, -0.2) is 0 Å². The zero-order chi connectivity index (χ0) is 26.0. The molecular weight excluding hydrogens is 474 g/mol. The standard InChI is InChI=1S/C23H35N5O6S/c1-10-17-16(11(2)29)22(32)27(17)18(23(33)34)19(10)35-13-7-14(25-8-13)21(31)26-9-12(28(3,4)5)6-15(26)20(24)30/h10-17,25,29H,6-9H2,1-5H3,(H2-,24,30,33,34)/t10-,11?,12?,13+,14+,15?,16-,17-/m1/s1. The second-order valence-electron chi connectivity index (χ2n) is 11.1. The summed E-state index contributed by atoms with van der Waals surface area (Å²) in [5.74, 6) is -3.39. The molecule has 0 aliphatic carbocycles. The van der Waals surface area contributed by atoms with E-state index >= 15 is 0 Å². The zero-order valence-corrected chi connectivity index (χ0v) is 21.6. The largest absolute Gasteiger partial charge is 0.543 e. The van der Waals surface area contributed by atoms with E-state index in [0.29, 0.717) is 35.3 Å². The highest BCUT2D eigenvalue weighted by atomic mass is 32.2. The maximum Gasteiger partial charge on any atom is 0.240 e. The second kappa shape index (κ2) is 9.06. The van der Waals surface area contributed by atoms with Gasteiger partial charge >= 0.3 is 0 Å². The monoisotopic (exact) mass is 509 g/mol. The van der Waals surface area contributed by atoms with Crippen LogP contribution >= 0.6 is 11.8 Å². The number of carbonyl (C=O) groups excluding carboxylic acids is 4. The number of fused-ring (bicyclic) bond motifs is 1. The van der Waals surface area contributed by atoms with Crippen LogP contribution in [0.3, 0.4) is 0 Å². The van der Waals surface area contributed by atoms with Crippen LogP contribution in [0.4, 0.5) is 0 Å².